The average Bonchev–Trinajstić information content (AvgIpc) is 2.75. The number of nitrogens with zero attached hydrogens (tertiary/aromatic N) is 2. The number of hydrogen-bond donors (Lipinski definition) is 0. The molecule has 0 atom stereocenters. The van der Waals surface area contributed by atoms with Gasteiger partial charge in [-0.05, 0) is 54.1 Å². The predicted molar refractivity (Wildman–Crippen MR) is 117 cm³/mol. The highest BCUT2D eigenvalue weighted by molar-refractivity contribution is 7.99. The van der Waals surface area contributed by atoms with Crippen LogP contribution in [0.1, 0.15) is 17.3 Å². The summed E-state index contributed by atoms with van der Waals surface area (Å²) < 4.78 is 6.91. The van der Waals surface area contributed by atoms with Gasteiger partial charge in [-0.15, -0.1) is 0 Å². The fourth-order valence-corrected chi connectivity index (χ4v) is 4.05. The smallest absolute Gasteiger partial charge is 0.261 e. The van der Waals surface area contributed by atoms with Gasteiger partial charge in [-0.25, -0.2) is 4.98 Å². The zero-order valence-corrected chi connectivity index (χ0v) is 17.0. The van der Waals surface area contributed by atoms with Gasteiger partial charge >= 0.3 is 0 Å². The van der Waals surface area contributed by atoms with Crippen molar-refractivity contribution in [3.05, 3.63) is 76.6 Å². The van der Waals surface area contributed by atoms with Crippen LogP contribution in [-0.4, -0.2) is 27.7 Å². The van der Waals surface area contributed by atoms with E-state index < -0.39 is 0 Å². The normalized spacial score (nSPS) is 11.1. The van der Waals surface area contributed by atoms with Gasteiger partial charge in [-0.3, -0.25) is 14.2 Å². The van der Waals surface area contributed by atoms with Crippen LogP contribution in [0, 0.1) is 0 Å². The highest BCUT2D eigenvalue weighted by Crippen LogP contribution is 2.23. The number of thioether (sulfide) groups is 1. The van der Waals surface area contributed by atoms with Crippen molar-refractivity contribution in [2.45, 2.75) is 12.1 Å². The molecule has 0 radical (unpaired) electrons. The number of carbonyl (C=O) groups excluding carboxylic acids is 1. The molecule has 0 saturated carbocycles. The van der Waals surface area contributed by atoms with Gasteiger partial charge in [0.25, 0.3) is 5.56 Å². The molecule has 0 aliphatic rings. The fraction of sp³-hybridized carbons (Fsp3) is 0.174. The van der Waals surface area contributed by atoms with Gasteiger partial charge in [0.2, 0.25) is 0 Å². The first-order chi connectivity index (χ1) is 14.1. The third kappa shape index (κ3) is 3.89. The van der Waals surface area contributed by atoms with E-state index >= 15 is 0 Å². The standard InChI is InChI=1S/C23H20N2O3S/c1-3-28-18-10-8-15(9-11-18)21(26)14-29-23-24-20-13-17-7-5-4-6-16(17)12-19(20)22(27)25(23)2/h4-13H,3,14H2,1-2H3. The maximum Gasteiger partial charge on any atom is 0.261 e. The number of ether oxygens (including phenoxy) is 1. The van der Waals surface area contributed by atoms with Crippen molar-refractivity contribution in [2.75, 3.05) is 12.4 Å². The number of fused-ring (bicyclic) bond motifs is 2. The molecule has 6 heteroatoms. The molecule has 0 saturated heterocycles. The summed E-state index contributed by atoms with van der Waals surface area (Å²) in [7, 11) is 1.69. The van der Waals surface area contributed by atoms with Crippen LogP contribution in [-0.2, 0) is 7.05 Å². The summed E-state index contributed by atoms with van der Waals surface area (Å²) in [4.78, 5) is 30.0. The third-order valence-corrected chi connectivity index (χ3v) is 5.75. The third-order valence-electron chi connectivity index (χ3n) is 4.72. The van der Waals surface area contributed by atoms with Gasteiger partial charge in [0.15, 0.2) is 10.9 Å². The quantitative estimate of drug-likeness (QED) is 0.205. The van der Waals surface area contributed by atoms with Crippen molar-refractivity contribution in [1.82, 2.24) is 9.55 Å². The van der Waals surface area contributed by atoms with E-state index in [9.17, 15) is 9.59 Å². The van der Waals surface area contributed by atoms with E-state index in [1.54, 1.807) is 31.3 Å². The number of carbonyl (C=O) groups is 1. The summed E-state index contributed by atoms with van der Waals surface area (Å²) in [5, 5.41) is 3.14. The van der Waals surface area contributed by atoms with Gasteiger partial charge in [0.1, 0.15) is 5.75 Å². The SMILES string of the molecule is CCOc1ccc(C(=O)CSc2nc3cc4ccccc4cc3c(=O)n2C)cc1. The van der Waals surface area contributed by atoms with Crippen LogP contribution in [0.5, 0.6) is 5.75 Å². The molecule has 4 rings (SSSR count). The van der Waals surface area contributed by atoms with Gasteiger partial charge in [0, 0.05) is 12.6 Å². The number of rotatable bonds is 6. The molecule has 0 aliphatic heterocycles. The predicted octanol–water partition coefficient (Wildman–Crippen LogP) is 4.46. The molecule has 3 aromatic carbocycles. The van der Waals surface area contributed by atoms with Crippen molar-refractivity contribution in [1.29, 1.82) is 0 Å². The molecular weight excluding hydrogens is 384 g/mol. The maximum absolute atomic E-state index is 12.8. The minimum atomic E-state index is -0.114. The highest BCUT2D eigenvalue weighted by atomic mass is 32.2. The lowest BCUT2D eigenvalue weighted by molar-refractivity contribution is 0.102. The highest BCUT2D eigenvalue weighted by Gasteiger charge is 2.13. The Morgan fingerprint density at radius 3 is 2.45 bits per heavy atom. The van der Waals surface area contributed by atoms with Crippen LogP contribution in [0.3, 0.4) is 0 Å². The van der Waals surface area contributed by atoms with Crippen LogP contribution in [0.25, 0.3) is 21.7 Å². The van der Waals surface area contributed by atoms with E-state index in [0.29, 0.717) is 28.2 Å². The molecule has 146 valence electrons. The van der Waals surface area contributed by atoms with Gasteiger partial charge < -0.3 is 4.74 Å². The Kier molecular flexibility index (Phi) is 5.36. The second kappa shape index (κ2) is 8.09. The van der Waals surface area contributed by atoms with Crippen LogP contribution in [0.4, 0.5) is 0 Å². The molecule has 0 amide bonds. The Morgan fingerprint density at radius 2 is 1.76 bits per heavy atom. The number of aromatic nitrogens is 2. The van der Waals surface area contributed by atoms with Crippen molar-refractivity contribution >= 4 is 39.2 Å². The molecule has 4 aromatic rings. The molecule has 29 heavy (non-hydrogen) atoms. The number of benzene rings is 3. The second-order valence-electron chi connectivity index (χ2n) is 6.64. The van der Waals surface area contributed by atoms with Crippen molar-refractivity contribution in [3.63, 3.8) is 0 Å². The van der Waals surface area contributed by atoms with Crippen LogP contribution >= 0.6 is 11.8 Å². The molecule has 0 fully saturated rings. The summed E-state index contributed by atoms with van der Waals surface area (Å²) in [5.74, 6) is 0.918. The molecule has 0 aliphatic carbocycles. The van der Waals surface area contributed by atoms with E-state index in [4.69, 9.17) is 4.74 Å². The van der Waals surface area contributed by atoms with Crippen molar-refractivity contribution in [2.24, 2.45) is 7.05 Å². The first-order valence-corrected chi connectivity index (χ1v) is 10.3. The van der Waals surface area contributed by atoms with Gasteiger partial charge in [-0.2, -0.15) is 0 Å². The van der Waals surface area contributed by atoms with Crippen LogP contribution in [0.2, 0.25) is 0 Å². The molecule has 0 N–H and O–H groups in total. The number of Topliss-reactive ketones (excluding diaryl/α,β-unsaturated/α-hetero) is 1. The fourth-order valence-electron chi connectivity index (χ4n) is 3.18. The first-order valence-electron chi connectivity index (χ1n) is 9.35. The zero-order valence-electron chi connectivity index (χ0n) is 16.2. The molecule has 5 nitrogen and oxygen atoms in total. The molecule has 0 unspecified atom stereocenters. The molecule has 1 heterocycles. The number of ketones is 1. The average molecular weight is 404 g/mol. The largest absolute Gasteiger partial charge is 0.494 e. The minimum absolute atomic E-state index is 0.0223. The topological polar surface area (TPSA) is 61.2 Å². The lowest BCUT2D eigenvalue weighted by Gasteiger charge is -2.09. The first kappa shape index (κ1) is 19.2. The Morgan fingerprint density at radius 1 is 1.07 bits per heavy atom. The van der Waals surface area contributed by atoms with Gasteiger partial charge in [0.05, 0.1) is 23.3 Å². The summed E-state index contributed by atoms with van der Waals surface area (Å²) in [6, 6.07) is 18.8. The van der Waals surface area contributed by atoms with E-state index in [2.05, 4.69) is 4.98 Å². The molecule has 0 spiro atoms. The molecular formula is C23H20N2O3S. The van der Waals surface area contributed by atoms with Crippen molar-refractivity contribution in [3.8, 4) is 5.75 Å². The van der Waals surface area contributed by atoms with E-state index in [1.807, 2.05) is 43.3 Å². The Bertz CT molecular complexity index is 1260. The monoisotopic (exact) mass is 404 g/mol. The van der Waals surface area contributed by atoms with Gasteiger partial charge in [-0.1, -0.05) is 36.0 Å². The maximum atomic E-state index is 12.8. The Balaban J connectivity index is 1.60. The van der Waals surface area contributed by atoms with E-state index in [1.165, 1.54) is 16.3 Å². The molecule has 1 aromatic heterocycles. The Hall–Kier alpha value is -3.12. The summed E-state index contributed by atoms with van der Waals surface area (Å²) >= 11 is 1.27. The Labute approximate surface area is 172 Å². The van der Waals surface area contributed by atoms with Crippen LogP contribution < -0.4 is 10.3 Å². The zero-order chi connectivity index (χ0) is 20.4. The lowest BCUT2D eigenvalue weighted by atomic mass is 10.1. The molecule has 0 bridgehead atoms. The second-order valence-corrected chi connectivity index (χ2v) is 7.59. The number of hydrogen-bond acceptors (Lipinski definition) is 5. The van der Waals surface area contributed by atoms with E-state index in [-0.39, 0.29) is 17.1 Å². The van der Waals surface area contributed by atoms with Crippen molar-refractivity contribution < 1.29 is 9.53 Å². The summed E-state index contributed by atoms with van der Waals surface area (Å²) in [5.41, 5.74) is 1.14. The van der Waals surface area contributed by atoms with E-state index in [0.717, 1.165) is 16.5 Å². The summed E-state index contributed by atoms with van der Waals surface area (Å²) in [6.45, 7) is 2.50. The van der Waals surface area contributed by atoms with Crippen LogP contribution in [0.15, 0.2) is 70.6 Å². The minimum Gasteiger partial charge on any atom is -0.494 e. The summed E-state index contributed by atoms with van der Waals surface area (Å²) in [6.07, 6.45) is 0. The lowest BCUT2D eigenvalue weighted by Crippen LogP contribution is -2.20.